The first-order valence-electron chi connectivity index (χ1n) is 7.15. The molecule has 2 aromatic rings. The highest BCUT2D eigenvalue weighted by molar-refractivity contribution is 7.17. The lowest BCUT2D eigenvalue weighted by atomic mass is 10.3. The Balaban J connectivity index is 2.00. The van der Waals surface area contributed by atoms with Crippen LogP contribution in [-0.4, -0.2) is 40.8 Å². The van der Waals surface area contributed by atoms with E-state index in [1.165, 1.54) is 11.3 Å². The van der Waals surface area contributed by atoms with Crippen molar-refractivity contribution < 1.29 is 19.1 Å². The number of carbonyl (C=O) groups excluding carboxylic acids is 3. The number of thiazole rings is 1. The summed E-state index contributed by atoms with van der Waals surface area (Å²) in [6, 6.07) is 3.46. The minimum Gasteiger partial charge on any atom is -0.495 e. The van der Waals surface area contributed by atoms with E-state index in [1.54, 1.807) is 30.9 Å². The van der Waals surface area contributed by atoms with Crippen molar-refractivity contribution in [3.05, 3.63) is 22.0 Å². The summed E-state index contributed by atoms with van der Waals surface area (Å²) >= 11 is 7.44. The third-order valence-electron chi connectivity index (χ3n) is 3.75. The molecule has 0 spiro atoms. The Morgan fingerprint density at radius 1 is 1.33 bits per heavy atom. The molecule has 7 nitrogen and oxygen atoms in total. The average molecular weight is 368 g/mol. The standard InChI is InChI=1S/C15H14ClN3O4S/c1-18-13-9(23-2)4-3-8(16)14(13)24-15(18)17-10(20)7-19-11(21)5-6-12(19)22/h3-4H,5-7H2,1-2H3. The van der Waals surface area contributed by atoms with Gasteiger partial charge < -0.3 is 9.30 Å². The predicted octanol–water partition coefficient (Wildman–Crippen LogP) is 1.48. The second-order valence-electron chi connectivity index (χ2n) is 5.25. The van der Waals surface area contributed by atoms with Crippen LogP contribution in [0.5, 0.6) is 5.75 Å². The lowest BCUT2D eigenvalue weighted by molar-refractivity contribution is -0.141. The van der Waals surface area contributed by atoms with Crippen molar-refractivity contribution in [2.75, 3.05) is 13.7 Å². The highest BCUT2D eigenvalue weighted by Crippen LogP contribution is 2.32. The van der Waals surface area contributed by atoms with Crippen LogP contribution in [-0.2, 0) is 21.4 Å². The van der Waals surface area contributed by atoms with Crippen molar-refractivity contribution in [2.45, 2.75) is 12.8 Å². The van der Waals surface area contributed by atoms with Gasteiger partial charge in [-0.1, -0.05) is 22.9 Å². The Labute approximate surface area is 146 Å². The molecule has 0 atom stereocenters. The molecule has 0 N–H and O–H groups in total. The first kappa shape index (κ1) is 16.7. The summed E-state index contributed by atoms with van der Waals surface area (Å²) in [7, 11) is 3.29. The van der Waals surface area contributed by atoms with Gasteiger partial charge in [0.1, 0.15) is 17.8 Å². The molecule has 0 aliphatic carbocycles. The molecule has 2 heterocycles. The fourth-order valence-electron chi connectivity index (χ4n) is 2.54. The van der Waals surface area contributed by atoms with Crippen LogP contribution in [0.15, 0.2) is 17.1 Å². The molecule has 126 valence electrons. The number of amides is 3. The number of aromatic nitrogens is 1. The molecular weight excluding hydrogens is 354 g/mol. The number of nitrogens with zero attached hydrogens (tertiary/aromatic N) is 3. The maximum absolute atomic E-state index is 12.1. The van der Waals surface area contributed by atoms with Gasteiger partial charge >= 0.3 is 0 Å². The van der Waals surface area contributed by atoms with Crippen LogP contribution in [0.25, 0.3) is 10.2 Å². The third-order valence-corrected chi connectivity index (χ3v) is 5.34. The van der Waals surface area contributed by atoms with E-state index in [2.05, 4.69) is 4.99 Å². The van der Waals surface area contributed by atoms with Gasteiger partial charge in [0, 0.05) is 19.9 Å². The molecule has 1 fully saturated rings. The first-order valence-corrected chi connectivity index (χ1v) is 8.34. The number of rotatable bonds is 3. The number of halogens is 1. The quantitative estimate of drug-likeness (QED) is 0.769. The Morgan fingerprint density at radius 3 is 2.62 bits per heavy atom. The van der Waals surface area contributed by atoms with Crippen molar-refractivity contribution >= 4 is 50.9 Å². The van der Waals surface area contributed by atoms with E-state index >= 15 is 0 Å². The summed E-state index contributed by atoms with van der Waals surface area (Å²) in [6.07, 6.45) is 0.297. The highest BCUT2D eigenvalue weighted by Gasteiger charge is 2.30. The second kappa shape index (κ2) is 6.37. The smallest absolute Gasteiger partial charge is 0.268 e. The summed E-state index contributed by atoms with van der Waals surface area (Å²) in [5, 5.41) is 0.533. The molecule has 24 heavy (non-hydrogen) atoms. The van der Waals surface area contributed by atoms with E-state index in [1.807, 2.05) is 0 Å². The van der Waals surface area contributed by atoms with Gasteiger partial charge in [-0.2, -0.15) is 4.99 Å². The number of hydrogen-bond donors (Lipinski definition) is 0. The summed E-state index contributed by atoms with van der Waals surface area (Å²) < 4.78 is 7.77. The molecule has 3 amide bonds. The van der Waals surface area contributed by atoms with Gasteiger partial charge in [-0.05, 0) is 12.1 Å². The van der Waals surface area contributed by atoms with Crippen molar-refractivity contribution in [3.63, 3.8) is 0 Å². The zero-order valence-corrected chi connectivity index (χ0v) is 14.6. The topological polar surface area (TPSA) is 81.0 Å². The molecule has 1 saturated heterocycles. The van der Waals surface area contributed by atoms with E-state index in [9.17, 15) is 14.4 Å². The van der Waals surface area contributed by atoms with E-state index in [0.717, 1.165) is 15.1 Å². The average Bonchev–Trinajstić information content (AvgIpc) is 3.04. The van der Waals surface area contributed by atoms with Crippen LogP contribution in [0.4, 0.5) is 0 Å². The van der Waals surface area contributed by atoms with Crippen molar-refractivity contribution in [3.8, 4) is 5.75 Å². The zero-order valence-electron chi connectivity index (χ0n) is 13.0. The summed E-state index contributed by atoms with van der Waals surface area (Å²) in [5.74, 6) is -0.620. The van der Waals surface area contributed by atoms with Crippen LogP contribution < -0.4 is 9.54 Å². The highest BCUT2D eigenvalue weighted by atomic mass is 35.5. The third kappa shape index (κ3) is 2.83. The van der Waals surface area contributed by atoms with E-state index in [4.69, 9.17) is 16.3 Å². The number of hydrogen-bond acceptors (Lipinski definition) is 5. The summed E-state index contributed by atoms with van der Waals surface area (Å²) in [5.41, 5.74) is 0.731. The van der Waals surface area contributed by atoms with Crippen molar-refractivity contribution in [1.29, 1.82) is 0 Å². The van der Waals surface area contributed by atoms with E-state index in [0.29, 0.717) is 15.6 Å². The molecule has 0 bridgehead atoms. The van der Waals surface area contributed by atoms with Gasteiger partial charge in [0.15, 0.2) is 4.80 Å². The summed E-state index contributed by atoms with van der Waals surface area (Å²) in [6.45, 7) is -0.337. The van der Waals surface area contributed by atoms with Gasteiger partial charge in [0.25, 0.3) is 5.91 Å². The SMILES string of the molecule is COc1ccc(Cl)c2sc(=NC(=O)CN3C(=O)CCC3=O)n(C)c12. The number of imide groups is 1. The number of likely N-dealkylation sites (tertiary alicyclic amines) is 1. The minimum atomic E-state index is -0.559. The molecule has 1 aromatic heterocycles. The molecule has 1 aromatic carbocycles. The van der Waals surface area contributed by atoms with Gasteiger partial charge in [0.05, 0.1) is 16.8 Å². The number of ether oxygens (including phenoxy) is 1. The Hall–Kier alpha value is -2.19. The number of fused-ring (bicyclic) bond motifs is 1. The molecule has 1 aliphatic heterocycles. The van der Waals surface area contributed by atoms with E-state index < -0.39 is 5.91 Å². The van der Waals surface area contributed by atoms with Crippen LogP contribution in [0.3, 0.4) is 0 Å². The molecular formula is C15H14ClN3O4S. The van der Waals surface area contributed by atoms with Crippen LogP contribution in [0.1, 0.15) is 12.8 Å². The largest absolute Gasteiger partial charge is 0.495 e. The van der Waals surface area contributed by atoms with Crippen molar-refractivity contribution in [2.24, 2.45) is 12.0 Å². The number of aryl methyl sites for hydroxylation is 1. The Morgan fingerprint density at radius 2 is 2.00 bits per heavy atom. The lowest BCUT2D eigenvalue weighted by Gasteiger charge is -2.09. The Bertz CT molecular complexity index is 915. The molecule has 9 heteroatoms. The fraction of sp³-hybridized carbons (Fsp3) is 0.333. The first-order chi connectivity index (χ1) is 11.4. The molecule has 1 aliphatic rings. The molecule has 0 saturated carbocycles. The molecule has 3 rings (SSSR count). The lowest BCUT2D eigenvalue weighted by Crippen LogP contribution is -2.34. The van der Waals surface area contributed by atoms with E-state index in [-0.39, 0.29) is 31.2 Å². The molecule has 0 unspecified atom stereocenters. The molecule has 0 radical (unpaired) electrons. The second-order valence-corrected chi connectivity index (χ2v) is 6.63. The van der Waals surface area contributed by atoms with Gasteiger partial charge in [-0.15, -0.1) is 0 Å². The maximum atomic E-state index is 12.1. The normalized spacial score (nSPS) is 15.6. The van der Waals surface area contributed by atoms with Crippen LogP contribution in [0.2, 0.25) is 5.02 Å². The van der Waals surface area contributed by atoms with Gasteiger partial charge in [-0.25, -0.2) is 0 Å². The predicted molar refractivity (Wildman–Crippen MR) is 88.9 cm³/mol. The summed E-state index contributed by atoms with van der Waals surface area (Å²) in [4.78, 5) is 40.7. The minimum absolute atomic E-state index is 0.148. The zero-order chi connectivity index (χ0) is 17.4. The van der Waals surface area contributed by atoms with Gasteiger partial charge in [-0.3, -0.25) is 19.3 Å². The number of methoxy groups -OCH3 is 1. The Kier molecular flexibility index (Phi) is 4.42. The van der Waals surface area contributed by atoms with Crippen LogP contribution in [0, 0.1) is 0 Å². The monoisotopic (exact) mass is 367 g/mol. The number of carbonyl (C=O) groups is 3. The van der Waals surface area contributed by atoms with Crippen LogP contribution >= 0.6 is 22.9 Å². The van der Waals surface area contributed by atoms with Gasteiger partial charge in [0.2, 0.25) is 11.8 Å². The van der Waals surface area contributed by atoms with Crippen molar-refractivity contribution in [1.82, 2.24) is 9.47 Å². The number of benzene rings is 1. The fourth-order valence-corrected chi connectivity index (χ4v) is 3.86. The maximum Gasteiger partial charge on any atom is 0.268 e.